The van der Waals surface area contributed by atoms with Gasteiger partial charge in [0.25, 0.3) is 0 Å². The molecule has 0 saturated heterocycles. The summed E-state index contributed by atoms with van der Waals surface area (Å²) >= 11 is 0. The summed E-state index contributed by atoms with van der Waals surface area (Å²) in [4.78, 5) is 25.5. The van der Waals surface area contributed by atoms with Gasteiger partial charge >= 0.3 is 11.6 Å². The van der Waals surface area contributed by atoms with Crippen molar-refractivity contribution in [1.82, 2.24) is 0 Å². The summed E-state index contributed by atoms with van der Waals surface area (Å²) in [6, 6.07) is 5.57. The lowest BCUT2D eigenvalue weighted by atomic mass is 9.47. The Hall–Kier alpha value is -2.56. The van der Waals surface area contributed by atoms with Crippen molar-refractivity contribution >= 4 is 16.9 Å². The van der Waals surface area contributed by atoms with Crippen LogP contribution in [-0.2, 0) is 22.4 Å². The minimum Gasteiger partial charge on any atom is -0.482 e. The quantitative estimate of drug-likeness (QED) is 0.155. The van der Waals surface area contributed by atoms with Crippen LogP contribution in [0, 0.1) is 46.3 Å². The van der Waals surface area contributed by atoms with Crippen molar-refractivity contribution in [2.75, 3.05) is 6.61 Å². The van der Waals surface area contributed by atoms with E-state index in [9.17, 15) is 9.59 Å². The monoisotopic (exact) mass is 642 g/mol. The Kier molecular flexibility index (Phi) is 9.15. The van der Waals surface area contributed by atoms with Crippen LogP contribution in [0.3, 0.4) is 0 Å². The summed E-state index contributed by atoms with van der Waals surface area (Å²) in [5, 5.41) is 0.976. The van der Waals surface area contributed by atoms with Crippen LogP contribution in [-0.4, -0.2) is 18.7 Å². The van der Waals surface area contributed by atoms with Gasteiger partial charge < -0.3 is 13.9 Å². The third-order valence-electron chi connectivity index (χ3n) is 14.1. The zero-order valence-corrected chi connectivity index (χ0v) is 29.7. The van der Waals surface area contributed by atoms with Crippen molar-refractivity contribution in [3.05, 3.63) is 51.4 Å². The normalized spacial score (nSPS) is 33.7. The molecule has 5 nitrogen and oxygen atoms in total. The van der Waals surface area contributed by atoms with Crippen LogP contribution in [0.2, 0.25) is 0 Å². The van der Waals surface area contributed by atoms with Gasteiger partial charge in [0.05, 0.1) is 0 Å². The molecule has 5 aliphatic carbocycles. The maximum absolute atomic E-state index is 13.0. The lowest BCUT2D eigenvalue weighted by Crippen LogP contribution is -2.51. The number of benzene rings is 1. The van der Waals surface area contributed by atoms with Crippen LogP contribution in [0.15, 0.2) is 39.1 Å². The zero-order chi connectivity index (χ0) is 32.9. The summed E-state index contributed by atoms with van der Waals surface area (Å²) in [5.74, 6) is 5.15. The molecule has 1 aromatic heterocycles. The molecule has 47 heavy (non-hydrogen) atoms. The second kappa shape index (κ2) is 13.0. The van der Waals surface area contributed by atoms with Crippen LogP contribution < -0.4 is 10.4 Å². The van der Waals surface area contributed by atoms with E-state index in [2.05, 4.69) is 40.7 Å². The topological polar surface area (TPSA) is 65.7 Å². The number of allylic oxidation sites excluding steroid dienone is 1. The molecule has 2 aromatic rings. The minimum atomic E-state index is -0.326. The molecule has 3 fully saturated rings. The summed E-state index contributed by atoms with van der Waals surface area (Å²) in [6.45, 7) is 12.3. The molecule has 5 aliphatic rings. The largest absolute Gasteiger partial charge is 0.482 e. The number of carbonyl (C=O) groups is 1. The first kappa shape index (κ1) is 33.0. The number of rotatable bonds is 9. The maximum atomic E-state index is 13.0. The Morgan fingerprint density at radius 1 is 0.979 bits per heavy atom. The first-order valence-electron chi connectivity index (χ1n) is 19.2. The third-order valence-corrected chi connectivity index (χ3v) is 14.1. The van der Waals surface area contributed by atoms with E-state index in [1.54, 1.807) is 6.07 Å². The first-order valence-corrected chi connectivity index (χ1v) is 19.2. The van der Waals surface area contributed by atoms with E-state index in [0.29, 0.717) is 16.7 Å². The third kappa shape index (κ3) is 6.12. The van der Waals surface area contributed by atoms with Crippen LogP contribution in [0.5, 0.6) is 5.75 Å². The van der Waals surface area contributed by atoms with Crippen molar-refractivity contribution in [1.29, 1.82) is 0 Å². The van der Waals surface area contributed by atoms with E-state index in [4.69, 9.17) is 13.9 Å². The van der Waals surface area contributed by atoms with Gasteiger partial charge in [-0.1, -0.05) is 65.5 Å². The molecule has 0 unspecified atom stereocenters. The Balaban J connectivity index is 0.953. The Labute approximate surface area is 282 Å². The van der Waals surface area contributed by atoms with Crippen molar-refractivity contribution < 1.29 is 18.7 Å². The van der Waals surface area contributed by atoms with Crippen LogP contribution in [0.1, 0.15) is 129 Å². The van der Waals surface area contributed by atoms with Gasteiger partial charge in [-0.05, 0) is 135 Å². The first-order chi connectivity index (χ1) is 22.6. The molecule has 1 aromatic carbocycles. The number of carbonyl (C=O) groups excluding carboxylic acids is 1. The van der Waals surface area contributed by atoms with E-state index < -0.39 is 0 Å². The predicted octanol–water partition coefficient (Wildman–Crippen LogP) is 10.0. The summed E-state index contributed by atoms with van der Waals surface area (Å²) < 4.78 is 17.5. The average Bonchev–Trinajstić information content (AvgIpc) is 3.41. The minimum absolute atomic E-state index is 0.0838. The molecule has 1 heterocycles. The van der Waals surface area contributed by atoms with Crippen molar-refractivity contribution in [3.8, 4) is 5.75 Å². The molecule has 256 valence electrons. The number of fused-ring (bicyclic) bond motifs is 8. The van der Waals surface area contributed by atoms with E-state index in [1.807, 2.05) is 12.1 Å². The Bertz CT molecular complexity index is 1570. The van der Waals surface area contributed by atoms with Crippen molar-refractivity contribution in [3.63, 3.8) is 0 Å². The van der Waals surface area contributed by atoms with Gasteiger partial charge in [-0.2, -0.15) is 0 Å². The second-order valence-corrected chi connectivity index (χ2v) is 17.1. The molecule has 0 aliphatic heterocycles. The lowest BCUT2D eigenvalue weighted by Gasteiger charge is -2.58. The van der Waals surface area contributed by atoms with Gasteiger partial charge in [0.1, 0.15) is 17.4 Å². The molecule has 0 amide bonds. The Morgan fingerprint density at radius 3 is 2.60 bits per heavy atom. The standard InChI is InChI=1S/C42H58O5/c1-26(2)9-8-10-27(3)35-17-18-36-34-15-13-28-23-30(19-21-41(28,4)37(34)20-22-42(35,36)5)46-39(43)25-45-29-14-16-32-31-11-6-7-12-33(31)40(44)47-38(32)24-29/h13-14,16,24,26-27,30,34-37H,6-12,15,17-23,25H2,1-5H3/t27-,30-,34+,35-,36+,37+,41+,42-/m1/s1. The molecule has 3 saturated carbocycles. The highest BCUT2D eigenvalue weighted by molar-refractivity contribution is 5.83. The van der Waals surface area contributed by atoms with E-state index >= 15 is 0 Å². The fraction of sp³-hybridized carbons (Fsp3) is 0.714. The van der Waals surface area contributed by atoms with Gasteiger partial charge in [0.2, 0.25) is 0 Å². The maximum Gasteiger partial charge on any atom is 0.344 e. The van der Waals surface area contributed by atoms with Gasteiger partial charge in [0, 0.05) is 23.4 Å². The highest BCUT2D eigenvalue weighted by Crippen LogP contribution is 2.67. The molecule has 0 bridgehead atoms. The number of ether oxygens (including phenoxy) is 2. The fourth-order valence-electron chi connectivity index (χ4n) is 11.6. The lowest BCUT2D eigenvalue weighted by molar-refractivity contribution is -0.153. The summed E-state index contributed by atoms with van der Waals surface area (Å²) in [7, 11) is 0. The molecular weight excluding hydrogens is 584 g/mol. The van der Waals surface area contributed by atoms with Crippen LogP contribution in [0.25, 0.3) is 11.0 Å². The highest BCUT2D eigenvalue weighted by atomic mass is 16.6. The van der Waals surface area contributed by atoms with Crippen LogP contribution >= 0.6 is 0 Å². The second-order valence-electron chi connectivity index (χ2n) is 17.1. The highest BCUT2D eigenvalue weighted by Gasteiger charge is 2.59. The number of hydrogen-bond acceptors (Lipinski definition) is 5. The van der Waals surface area contributed by atoms with E-state index in [-0.39, 0.29) is 29.7 Å². The van der Waals surface area contributed by atoms with Gasteiger partial charge in [-0.3, -0.25) is 0 Å². The Morgan fingerprint density at radius 2 is 1.79 bits per heavy atom. The van der Waals surface area contributed by atoms with E-state index in [0.717, 1.165) is 97.0 Å². The SMILES string of the molecule is CC(C)CCC[C@@H](C)[C@H]1CC[C@H]2[C@@H]3CC=C4C[C@H](OC(=O)COc5ccc6c7c(c(=O)oc6c5)CCCC7)CC[C@]4(C)[C@H]3CC[C@]12C. The van der Waals surface area contributed by atoms with Crippen molar-refractivity contribution in [2.24, 2.45) is 46.3 Å². The molecular formula is C42H58O5. The number of aryl methyl sites for hydroxylation is 1. The average molecular weight is 643 g/mol. The summed E-state index contributed by atoms with van der Waals surface area (Å²) in [5.41, 5.74) is 4.49. The summed E-state index contributed by atoms with van der Waals surface area (Å²) in [6.07, 6.45) is 20.1. The number of esters is 1. The fourth-order valence-corrected chi connectivity index (χ4v) is 11.6. The molecule has 0 spiro atoms. The zero-order valence-electron chi connectivity index (χ0n) is 29.7. The molecule has 8 atom stereocenters. The molecule has 7 rings (SSSR count). The molecule has 0 radical (unpaired) electrons. The van der Waals surface area contributed by atoms with Gasteiger partial charge in [-0.15, -0.1) is 0 Å². The molecule has 5 heteroatoms. The van der Waals surface area contributed by atoms with Crippen molar-refractivity contribution in [2.45, 2.75) is 137 Å². The smallest absolute Gasteiger partial charge is 0.344 e. The van der Waals surface area contributed by atoms with Gasteiger partial charge in [0.15, 0.2) is 6.61 Å². The number of hydrogen-bond donors (Lipinski definition) is 0. The van der Waals surface area contributed by atoms with E-state index in [1.165, 1.54) is 56.9 Å². The van der Waals surface area contributed by atoms with Gasteiger partial charge in [-0.25, -0.2) is 9.59 Å². The van der Waals surface area contributed by atoms with Crippen LogP contribution in [0.4, 0.5) is 0 Å². The predicted molar refractivity (Wildman–Crippen MR) is 188 cm³/mol. The molecule has 0 N–H and O–H groups in total.